The maximum absolute atomic E-state index is 12.6. The normalized spacial score (nSPS) is 11.6. The van der Waals surface area contributed by atoms with Crippen LogP contribution in [0.1, 0.15) is 5.56 Å². The summed E-state index contributed by atoms with van der Waals surface area (Å²) in [5, 5.41) is 0. The first-order valence-corrected chi connectivity index (χ1v) is 8.47. The molecule has 28 heavy (non-hydrogen) atoms. The van der Waals surface area contributed by atoms with Gasteiger partial charge >= 0.3 is 6.36 Å². The van der Waals surface area contributed by atoms with Crippen LogP contribution in [0.5, 0.6) is 5.75 Å². The highest BCUT2D eigenvalue weighted by molar-refractivity contribution is 5.69. The third-order valence-electron chi connectivity index (χ3n) is 4.22. The minimum absolute atomic E-state index is 0.205. The van der Waals surface area contributed by atoms with E-state index >= 15 is 0 Å². The summed E-state index contributed by atoms with van der Waals surface area (Å²) in [6.45, 7) is 1.99. The Morgan fingerprint density at radius 3 is 2.32 bits per heavy atom. The van der Waals surface area contributed by atoms with Gasteiger partial charge in [0.2, 0.25) is 0 Å². The number of nitrogens with zero attached hydrogens (tertiary/aromatic N) is 1. The average molecular weight is 384 g/mol. The Labute approximate surface area is 158 Å². The number of para-hydroxylation sites is 1. The van der Waals surface area contributed by atoms with Gasteiger partial charge in [-0.3, -0.25) is 0 Å². The molecule has 1 N–H and O–H groups in total. The maximum atomic E-state index is 12.6. The fourth-order valence-electron chi connectivity index (χ4n) is 2.94. The highest BCUT2D eigenvalue weighted by atomic mass is 19.4. The van der Waals surface area contributed by atoms with Crippen LogP contribution in [-0.4, -0.2) is 16.3 Å². The van der Waals surface area contributed by atoms with E-state index in [1.165, 1.54) is 18.2 Å². The van der Waals surface area contributed by atoms with Gasteiger partial charge in [-0.15, -0.1) is 13.2 Å². The zero-order chi connectivity index (χ0) is 19.7. The first-order chi connectivity index (χ1) is 13.4. The Balaban J connectivity index is 1.66. The van der Waals surface area contributed by atoms with Crippen molar-refractivity contribution in [2.24, 2.45) is 0 Å². The van der Waals surface area contributed by atoms with E-state index in [4.69, 9.17) is 4.42 Å². The number of imidazole rings is 1. The van der Waals surface area contributed by atoms with E-state index in [0.717, 1.165) is 16.8 Å². The van der Waals surface area contributed by atoms with Crippen LogP contribution < -0.4 is 4.74 Å². The number of furan rings is 1. The van der Waals surface area contributed by atoms with Crippen LogP contribution in [0.2, 0.25) is 0 Å². The van der Waals surface area contributed by atoms with Crippen LogP contribution in [0.3, 0.4) is 0 Å². The van der Waals surface area contributed by atoms with Crippen LogP contribution in [0.4, 0.5) is 13.2 Å². The van der Waals surface area contributed by atoms with Gasteiger partial charge in [0.25, 0.3) is 0 Å². The van der Waals surface area contributed by atoms with E-state index in [9.17, 15) is 13.2 Å². The molecule has 2 aromatic carbocycles. The SMILES string of the molecule is Cc1ccccc1-c1c[nH]c(-c2ccc(-c3ccccc3OC(F)(F)F)o2)n1. The molecule has 0 saturated heterocycles. The molecule has 0 aliphatic heterocycles. The molecule has 0 bridgehead atoms. The van der Waals surface area contributed by atoms with Crippen molar-refractivity contribution >= 4 is 0 Å². The van der Waals surface area contributed by atoms with Gasteiger partial charge < -0.3 is 14.1 Å². The molecular weight excluding hydrogens is 369 g/mol. The number of ether oxygens (including phenoxy) is 1. The number of nitrogens with one attached hydrogen (secondary N) is 1. The van der Waals surface area contributed by atoms with E-state index in [1.807, 2.05) is 31.2 Å². The number of aromatic nitrogens is 2. The van der Waals surface area contributed by atoms with E-state index in [1.54, 1.807) is 24.4 Å². The molecule has 0 amide bonds. The minimum atomic E-state index is -4.78. The molecule has 0 aliphatic carbocycles. The van der Waals surface area contributed by atoms with Gasteiger partial charge in [-0.25, -0.2) is 4.98 Å². The van der Waals surface area contributed by atoms with Crippen LogP contribution in [0, 0.1) is 6.92 Å². The lowest BCUT2D eigenvalue weighted by atomic mass is 10.1. The van der Waals surface area contributed by atoms with E-state index in [2.05, 4.69) is 14.7 Å². The number of rotatable bonds is 4. The number of aromatic amines is 1. The molecule has 0 fully saturated rings. The molecule has 2 heterocycles. The van der Waals surface area contributed by atoms with Gasteiger partial charge in [0.1, 0.15) is 11.5 Å². The number of hydrogen-bond donors (Lipinski definition) is 1. The van der Waals surface area contributed by atoms with Gasteiger partial charge in [-0.2, -0.15) is 0 Å². The molecule has 142 valence electrons. The summed E-state index contributed by atoms with van der Waals surface area (Å²) in [6, 6.07) is 16.9. The third-order valence-corrected chi connectivity index (χ3v) is 4.22. The Bertz CT molecular complexity index is 1110. The Morgan fingerprint density at radius 1 is 0.893 bits per heavy atom. The van der Waals surface area contributed by atoms with Crippen molar-refractivity contribution in [3.63, 3.8) is 0 Å². The topological polar surface area (TPSA) is 51.0 Å². The molecule has 0 spiro atoms. The van der Waals surface area contributed by atoms with Gasteiger partial charge in [-0.05, 0) is 36.8 Å². The molecule has 0 saturated carbocycles. The molecule has 7 heteroatoms. The minimum Gasteiger partial charge on any atom is -0.453 e. The molecule has 0 unspecified atom stereocenters. The van der Waals surface area contributed by atoms with E-state index in [0.29, 0.717) is 11.6 Å². The number of aryl methyl sites for hydroxylation is 1. The average Bonchev–Trinajstić information content (AvgIpc) is 3.31. The van der Waals surface area contributed by atoms with Crippen molar-refractivity contribution in [2.75, 3.05) is 0 Å². The van der Waals surface area contributed by atoms with Crippen molar-refractivity contribution in [3.05, 3.63) is 72.4 Å². The van der Waals surface area contributed by atoms with Crippen LogP contribution in [-0.2, 0) is 0 Å². The molecule has 2 aromatic heterocycles. The fourth-order valence-corrected chi connectivity index (χ4v) is 2.94. The monoisotopic (exact) mass is 384 g/mol. The number of hydrogen-bond acceptors (Lipinski definition) is 3. The molecule has 4 rings (SSSR count). The number of halogens is 3. The predicted octanol–water partition coefficient (Wildman–Crippen LogP) is 6.21. The van der Waals surface area contributed by atoms with Gasteiger partial charge in [0.05, 0.1) is 11.3 Å². The Kier molecular flexibility index (Phi) is 4.43. The number of H-pyrrole nitrogens is 1. The third kappa shape index (κ3) is 3.64. The summed E-state index contributed by atoms with van der Waals surface area (Å²) in [7, 11) is 0. The predicted molar refractivity (Wildman–Crippen MR) is 98.6 cm³/mol. The Morgan fingerprint density at radius 2 is 1.57 bits per heavy atom. The molecule has 0 atom stereocenters. The summed E-state index contributed by atoms with van der Waals surface area (Å²) in [5.74, 6) is 0.829. The molecule has 4 nitrogen and oxygen atoms in total. The van der Waals surface area contributed by atoms with Crippen molar-refractivity contribution in [1.29, 1.82) is 0 Å². The van der Waals surface area contributed by atoms with Crippen molar-refractivity contribution < 1.29 is 22.3 Å². The molecular formula is C21H15F3N2O2. The quantitative estimate of drug-likeness (QED) is 0.455. The molecule has 0 aliphatic rings. The Hall–Kier alpha value is -3.48. The van der Waals surface area contributed by atoms with Crippen molar-refractivity contribution in [3.8, 4) is 39.9 Å². The highest BCUT2D eigenvalue weighted by Gasteiger charge is 2.32. The molecule has 0 radical (unpaired) electrons. The summed E-state index contributed by atoms with van der Waals surface area (Å²) < 4.78 is 47.8. The zero-order valence-corrected chi connectivity index (χ0v) is 14.7. The first kappa shape index (κ1) is 17.9. The maximum Gasteiger partial charge on any atom is 0.573 e. The highest BCUT2D eigenvalue weighted by Crippen LogP contribution is 2.36. The second-order valence-electron chi connectivity index (χ2n) is 6.16. The van der Waals surface area contributed by atoms with Gasteiger partial charge in [0, 0.05) is 11.8 Å². The van der Waals surface area contributed by atoms with Crippen molar-refractivity contribution in [1.82, 2.24) is 9.97 Å². The van der Waals surface area contributed by atoms with Crippen LogP contribution >= 0.6 is 0 Å². The second-order valence-corrected chi connectivity index (χ2v) is 6.16. The van der Waals surface area contributed by atoms with Crippen LogP contribution in [0.25, 0.3) is 34.2 Å². The lowest BCUT2D eigenvalue weighted by Crippen LogP contribution is -2.17. The van der Waals surface area contributed by atoms with Crippen molar-refractivity contribution in [2.45, 2.75) is 13.3 Å². The second kappa shape index (κ2) is 6.92. The summed E-state index contributed by atoms with van der Waals surface area (Å²) in [5.41, 5.74) is 3.03. The summed E-state index contributed by atoms with van der Waals surface area (Å²) >= 11 is 0. The van der Waals surface area contributed by atoms with E-state index in [-0.39, 0.29) is 17.1 Å². The standard InChI is InChI=1S/C21H15F3N2O2/c1-13-6-2-3-7-14(13)16-12-25-20(26-16)19-11-10-17(27-19)15-8-4-5-9-18(15)28-21(22,23)24/h2-12H,1H3,(H,25,26). The fraction of sp³-hybridized carbons (Fsp3) is 0.0952. The van der Waals surface area contributed by atoms with Crippen LogP contribution in [0.15, 0.2) is 71.3 Å². The van der Waals surface area contributed by atoms with Gasteiger partial charge in [-0.1, -0.05) is 36.4 Å². The first-order valence-electron chi connectivity index (χ1n) is 8.47. The number of benzene rings is 2. The lowest BCUT2D eigenvalue weighted by Gasteiger charge is -2.11. The zero-order valence-electron chi connectivity index (χ0n) is 14.7. The van der Waals surface area contributed by atoms with E-state index < -0.39 is 6.36 Å². The number of alkyl halides is 3. The summed E-state index contributed by atoms with van der Waals surface area (Å²) in [6.07, 6.45) is -3.02. The largest absolute Gasteiger partial charge is 0.573 e. The molecule has 4 aromatic rings. The lowest BCUT2D eigenvalue weighted by molar-refractivity contribution is -0.274. The smallest absolute Gasteiger partial charge is 0.453 e. The summed E-state index contributed by atoms with van der Waals surface area (Å²) in [4.78, 5) is 7.59. The van der Waals surface area contributed by atoms with Gasteiger partial charge in [0.15, 0.2) is 11.6 Å².